The van der Waals surface area contributed by atoms with Gasteiger partial charge in [-0.3, -0.25) is 0 Å². The monoisotopic (exact) mass is 339 g/mol. The molecule has 1 aliphatic rings. The number of nitrogens with zero attached hydrogens (tertiary/aromatic N) is 1. The van der Waals surface area contributed by atoms with Gasteiger partial charge in [-0.05, 0) is 31.5 Å². The highest BCUT2D eigenvalue weighted by molar-refractivity contribution is 9.10. The molecule has 2 N–H and O–H groups in total. The standard InChI is InChI=1S/C14H15BrClN3/c15-9-4-5-10(11(16)7-9)13-8-18-14(19-13)12-3-1-2-6-17-12/h4-5,7-8,12,17H,1-3,6H2,(H,18,19). The maximum Gasteiger partial charge on any atom is 0.123 e. The van der Waals surface area contributed by atoms with Crippen molar-refractivity contribution in [3.05, 3.63) is 39.7 Å². The molecule has 2 aromatic rings. The Bertz CT molecular complexity index is 576. The van der Waals surface area contributed by atoms with Crippen LogP contribution in [0, 0.1) is 0 Å². The molecule has 5 heteroatoms. The fraction of sp³-hybridized carbons (Fsp3) is 0.357. The molecule has 1 aliphatic heterocycles. The Morgan fingerprint density at radius 3 is 2.95 bits per heavy atom. The minimum atomic E-state index is 0.344. The molecule has 1 aromatic carbocycles. The predicted octanol–water partition coefficient (Wildman–Crippen LogP) is 4.31. The van der Waals surface area contributed by atoms with Gasteiger partial charge in [0.15, 0.2) is 0 Å². The largest absolute Gasteiger partial charge is 0.341 e. The van der Waals surface area contributed by atoms with Crippen LogP contribution >= 0.6 is 27.5 Å². The first-order valence-corrected chi connectivity index (χ1v) is 7.65. The van der Waals surface area contributed by atoms with Gasteiger partial charge < -0.3 is 10.3 Å². The molecule has 0 amide bonds. The van der Waals surface area contributed by atoms with Crippen molar-refractivity contribution in [3.8, 4) is 11.3 Å². The minimum Gasteiger partial charge on any atom is -0.341 e. The second kappa shape index (κ2) is 5.65. The Balaban J connectivity index is 1.87. The third-order valence-electron chi connectivity index (χ3n) is 3.46. The highest BCUT2D eigenvalue weighted by Gasteiger charge is 2.18. The second-order valence-electron chi connectivity index (χ2n) is 4.81. The fourth-order valence-corrected chi connectivity index (χ4v) is 3.22. The molecule has 3 nitrogen and oxygen atoms in total. The summed E-state index contributed by atoms with van der Waals surface area (Å²) in [7, 11) is 0. The van der Waals surface area contributed by atoms with Crippen molar-refractivity contribution in [2.24, 2.45) is 0 Å². The zero-order valence-corrected chi connectivity index (χ0v) is 12.8. The van der Waals surface area contributed by atoms with Crippen LogP contribution in [-0.4, -0.2) is 16.5 Å². The topological polar surface area (TPSA) is 40.7 Å². The van der Waals surface area contributed by atoms with Gasteiger partial charge in [-0.2, -0.15) is 0 Å². The van der Waals surface area contributed by atoms with Gasteiger partial charge in [0.1, 0.15) is 5.82 Å². The lowest BCUT2D eigenvalue weighted by Gasteiger charge is -2.21. The number of benzene rings is 1. The summed E-state index contributed by atoms with van der Waals surface area (Å²) < 4.78 is 0.981. The summed E-state index contributed by atoms with van der Waals surface area (Å²) in [5.74, 6) is 1.01. The quantitative estimate of drug-likeness (QED) is 0.855. The van der Waals surface area contributed by atoms with Crippen LogP contribution in [0.5, 0.6) is 0 Å². The van der Waals surface area contributed by atoms with Crippen molar-refractivity contribution in [1.29, 1.82) is 0 Å². The number of aromatic nitrogens is 2. The SMILES string of the molecule is Clc1cc(Br)ccc1-c1cnc(C2CCCCN2)[nH]1. The molecule has 1 atom stereocenters. The summed E-state index contributed by atoms with van der Waals surface area (Å²) in [6, 6.07) is 6.23. The molecule has 0 aliphatic carbocycles. The minimum absolute atomic E-state index is 0.344. The molecular weight excluding hydrogens is 326 g/mol. The van der Waals surface area contributed by atoms with Crippen molar-refractivity contribution in [2.45, 2.75) is 25.3 Å². The summed E-state index contributed by atoms with van der Waals surface area (Å²) >= 11 is 9.68. The highest BCUT2D eigenvalue weighted by atomic mass is 79.9. The molecule has 19 heavy (non-hydrogen) atoms. The van der Waals surface area contributed by atoms with E-state index in [1.165, 1.54) is 12.8 Å². The normalized spacial score (nSPS) is 19.6. The Labute approximate surface area is 125 Å². The maximum atomic E-state index is 6.27. The average Bonchev–Trinajstić information content (AvgIpc) is 2.89. The van der Waals surface area contributed by atoms with Crippen LogP contribution < -0.4 is 5.32 Å². The molecule has 0 spiro atoms. The zero-order chi connectivity index (χ0) is 13.2. The van der Waals surface area contributed by atoms with Crippen LogP contribution in [0.2, 0.25) is 5.02 Å². The van der Waals surface area contributed by atoms with Crippen LogP contribution in [0.15, 0.2) is 28.9 Å². The molecule has 0 bridgehead atoms. The summed E-state index contributed by atoms with van der Waals surface area (Å²) in [6.07, 6.45) is 5.51. The first-order valence-electron chi connectivity index (χ1n) is 6.48. The number of H-pyrrole nitrogens is 1. The van der Waals surface area contributed by atoms with Crippen molar-refractivity contribution < 1.29 is 0 Å². The number of nitrogens with one attached hydrogen (secondary N) is 2. The van der Waals surface area contributed by atoms with Crippen LogP contribution in [0.1, 0.15) is 31.1 Å². The van der Waals surface area contributed by atoms with Crippen molar-refractivity contribution in [3.63, 3.8) is 0 Å². The summed E-state index contributed by atoms with van der Waals surface area (Å²) in [5.41, 5.74) is 1.96. The fourth-order valence-electron chi connectivity index (χ4n) is 2.44. The Hall–Kier alpha value is -0.840. The van der Waals surface area contributed by atoms with Gasteiger partial charge in [0.05, 0.1) is 23.0 Å². The third kappa shape index (κ3) is 2.86. The maximum absolute atomic E-state index is 6.27. The van der Waals surface area contributed by atoms with Crippen LogP contribution in [0.4, 0.5) is 0 Å². The Kier molecular flexibility index (Phi) is 3.91. The van der Waals surface area contributed by atoms with Crippen molar-refractivity contribution in [1.82, 2.24) is 15.3 Å². The molecule has 1 aromatic heterocycles. The highest BCUT2D eigenvalue weighted by Crippen LogP contribution is 2.30. The van der Waals surface area contributed by atoms with Gasteiger partial charge in [0.25, 0.3) is 0 Å². The van der Waals surface area contributed by atoms with E-state index in [0.717, 1.165) is 39.5 Å². The van der Waals surface area contributed by atoms with Crippen LogP contribution in [-0.2, 0) is 0 Å². The molecule has 1 unspecified atom stereocenters. The van der Waals surface area contributed by atoms with Crippen LogP contribution in [0.25, 0.3) is 11.3 Å². The molecular formula is C14H15BrClN3. The smallest absolute Gasteiger partial charge is 0.123 e. The molecule has 1 fully saturated rings. The first kappa shape index (κ1) is 13.2. The summed E-state index contributed by atoms with van der Waals surface area (Å²) in [4.78, 5) is 7.88. The van der Waals surface area contributed by atoms with E-state index in [1.54, 1.807) is 0 Å². The Morgan fingerprint density at radius 1 is 1.32 bits per heavy atom. The van der Waals surface area contributed by atoms with E-state index >= 15 is 0 Å². The number of rotatable bonds is 2. The number of piperidine rings is 1. The Morgan fingerprint density at radius 2 is 2.21 bits per heavy atom. The van der Waals surface area contributed by atoms with E-state index in [9.17, 15) is 0 Å². The van der Waals surface area contributed by atoms with E-state index in [4.69, 9.17) is 11.6 Å². The van der Waals surface area contributed by atoms with Gasteiger partial charge in [0, 0.05) is 10.0 Å². The average molecular weight is 341 g/mol. The van der Waals surface area contributed by atoms with Gasteiger partial charge in [0.2, 0.25) is 0 Å². The lowest BCUT2D eigenvalue weighted by molar-refractivity contribution is 0.399. The van der Waals surface area contributed by atoms with Gasteiger partial charge in [-0.1, -0.05) is 40.0 Å². The predicted molar refractivity (Wildman–Crippen MR) is 81.3 cm³/mol. The molecule has 2 heterocycles. The molecule has 0 radical (unpaired) electrons. The van der Waals surface area contributed by atoms with Crippen molar-refractivity contribution in [2.75, 3.05) is 6.54 Å². The lowest BCUT2D eigenvalue weighted by atomic mass is 10.0. The van der Waals surface area contributed by atoms with E-state index in [2.05, 4.69) is 31.2 Å². The molecule has 100 valence electrons. The van der Waals surface area contributed by atoms with Gasteiger partial charge in [-0.25, -0.2) is 4.98 Å². The van der Waals surface area contributed by atoms with Gasteiger partial charge in [-0.15, -0.1) is 0 Å². The lowest BCUT2D eigenvalue weighted by Crippen LogP contribution is -2.27. The van der Waals surface area contributed by atoms with E-state index in [0.29, 0.717) is 6.04 Å². The zero-order valence-electron chi connectivity index (χ0n) is 10.4. The summed E-state index contributed by atoms with van der Waals surface area (Å²) in [5, 5.41) is 4.21. The van der Waals surface area contributed by atoms with Gasteiger partial charge >= 0.3 is 0 Å². The third-order valence-corrected chi connectivity index (χ3v) is 4.26. The number of halogens is 2. The molecule has 1 saturated heterocycles. The van der Waals surface area contributed by atoms with E-state index in [1.807, 2.05) is 24.4 Å². The molecule has 3 rings (SSSR count). The van der Waals surface area contributed by atoms with Crippen LogP contribution in [0.3, 0.4) is 0 Å². The van der Waals surface area contributed by atoms with Crippen molar-refractivity contribution >= 4 is 27.5 Å². The number of aromatic amines is 1. The number of hydrogen-bond donors (Lipinski definition) is 2. The summed E-state index contributed by atoms with van der Waals surface area (Å²) in [6.45, 7) is 1.07. The van der Waals surface area contributed by atoms with E-state index < -0.39 is 0 Å². The second-order valence-corrected chi connectivity index (χ2v) is 6.13. The molecule has 0 saturated carbocycles. The first-order chi connectivity index (χ1) is 9.24. The number of hydrogen-bond acceptors (Lipinski definition) is 2. The number of imidazole rings is 1. The van der Waals surface area contributed by atoms with E-state index in [-0.39, 0.29) is 0 Å².